The minimum atomic E-state index is 0.0931. The number of fused-ring (bicyclic) bond motifs is 1. The van der Waals surface area contributed by atoms with E-state index in [1.54, 1.807) is 23.1 Å². The van der Waals surface area contributed by atoms with Gasteiger partial charge in [-0.1, -0.05) is 23.9 Å². The lowest BCUT2D eigenvalue weighted by molar-refractivity contribution is -0.116. The minimum Gasteiger partial charge on any atom is -0.326 e. The van der Waals surface area contributed by atoms with Gasteiger partial charge in [-0.25, -0.2) is 4.98 Å². The molecule has 1 heterocycles. The number of aromatic nitrogens is 1. The van der Waals surface area contributed by atoms with Crippen LogP contribution in [0.4, 0.5) is 5.69 Å². The SMILES string of the molecule is CSc1nc2ccc(NC(=O)CC3C=CCC3)cc2s1. The van der Waals surface area contributed by atoms with Gasteiger partial charge in [0.25, 0.3) is 0 Å². The van der Waals surface area contributed by atoms with Gasteiger partial charge >= 0.3 is 0 Å². The van der Waals surface area contributed by atoms with Crippen LogP contribution in [0, 0.1) is 5.92 Å². The number of thioether (sulfide) groups is 1. The van der Waals surface area contributed by atoms with Crippen molar-refractivity contribution in [2.75, 3.05) is 11.6 Å². The average molecular weight is 304 g/mol. The number of hydrogen-bond acceptors (Lipinski definition) is 4. The van der Waals surface area contributed by atoms with Crippen LogP contribution in [0.2, 0.25) is 0 Å². The first-order valence-corrected chi connectivity index (χ1v) is 8.70. The third-order valence-electron chi connectivity index (χ3n) is 3.39. The summed E-state index contributed by atoms with van der Waals surface area (Å²) in [4.78, 5) is 16.5. The number of rotatable bonds is 4. The number of benzene rings is 1. The summed E-state index contributed by atoms with van der Waals surface area (Å²) in [6, 6.07) is 5.90. The van der Waals surface area contributed by atoms with E-state index in [4.69, 9.17) is 0 Å². The number of allylic oxidation sites excluding steroid dienone is 2. The van der Waals surface area contributed by atoms with Crippen LogP contribution >= 0.6 is 23.1 Å². The van der Waals surface area contributed by atoms with Gasteiger partial charge in [0.05, 0.1) is 10.2 Å². The van der Waals surface area contributed by atoms with Gasteiger partial charge in [0.2, 0.25) is 5.91 Å². The van der Waals surface area contributed by atoms with E-state index in [-0.39, 0.29) is 5.91 Å². The van der Waals surface area contributed by atoms with E-state index < -0.39 is 0 Å². The molecule has 0 fully saturated rings. The summed E-state index contributed by atoms with van der Waals surface area (Å²) in [7, 11) is 0. The Morgan fingerprint density at radius 2 is 2.45 bits per heavy atom. The lowest BCUT2D eigenvalue weighted by Gasteiger charge is -2.08. The van der Waals surface area contributed by atoms with Crippen molar-refractivity contribution in [3.8, 4) is 0 Å². The lowest BCUT2D eigenvalue weighted by atomic mass is 10.1. The number of hydrogen-bond donors (Lipinski definition) is 1. The molecule has 1 aliphatic carbocycles. The fourth-order valence-electron chi connectivity index (χ4n) is 2.38. The van der Waals surface area contributed by atoms with E-state index >= 15 is 0 Å². The van der Waals surface area contributed by atoms with Crippen LogP contribution in [0.1, 0.15) is 19.3 Å². The first-order valence-electron chi connectivity index (χ1n) is 6.65. The third kappa shape index (κ3) is 3.04. The Morgan fingerprint density at radius 3 is 3.20 bits per heavy atom. The van der Waals surface area contributed by atoms with Crippen LogP contribution < -0.4 is 5.32 Å². The Morgan fingerprint density at radius 1 is 1.55 bits per heavy atom. The fourth-order valence-corrected chi connectivity index (χ4v) is 3.91. The van der Waals surface area contributed by atoms with E-state index in [0.717, 1.165) is 33.1 Å². The van der Waals surface area contributed by atoms with Crippen LogP contribution in [0.25, 0.3) is 10.2 Å². The Kier molecular flexibility index (Phi) is 4.08. The van der Waals surface area contributed by atoms with Crippen molar-refractivity contribution in [3.05, 3.63) is 30.4 Å². The molecule has 0 bridgehead atoms. The number of nitrogens with one attached hydrogen (secondary N) is 1. The van der Waals surface area contributed by atoms with Crippen molar-refractivity contribution >= 4 is 44.9 Å². The number of carbonyl (C=O) groups is 1. The normalized spacial score (nSPS) is 17.8. The monoisotopic (exact) mass is 304 g/mol. The highest BCUT2D eigenvalue weighted by Gasteiger charge is 2.14. The van der Waals surface area contributed by atoms with Crippen molar-refractivity contribution in [3.63, 3.8) is 0 Å². The summed E-state index contributed by atoms with van der Waals surface area (Å²) in [6.07, 6.45) is 9.10. The molecule has 1 amide bonds. The maximum atomic E-state index is 12.0. The van der Waals surface area contributed by atoms with Gasteiger partial charge in [-0.05, 0) is 43.2 Å². The molecule has 1 atom stereocenters. The standard InChI is InChI=1S/C15H16N2OS2/c1-19-15-17-12-7-6-11(9-13(12)20-15)16-14(18)8-10-4-2-3-5-10/h2,4,6-7,9-10H,3,5,8H2,1H3,(H,16,18). The Balaban J connectivity index is 1.70. The molecule has 3 nitrogen and oxygen atoms in total. The third-order valence-corrected chi connectivity index (χ3v) is 5.39. The predicted octanol–water partition coefficient (Wildman–Crippen LogP) is 4.31. The zero-order chi connectivity index (χ0) is 13.9. The van der Waals surface area contributed by atoms with E-state index in [9.17, 15) is 4.79 Å². The number of nitrogens with zero attached hydrogens (tertiary/aromatic N) is 1. The Hall–Kier alpha value is -1.33. The van der Waals surface area contributed by atoms with Crippen LogP contribution in [0.3, 0.4) is 0 Å². The highest BCUT2D eigenvalue weighted by molar-refractivity contribution is 8.00. The molecule has 0 spiro atoms. The predicted molar refractivity (Wildman–Crippen MR) is 86.5 cm³/mol. The second-order valence-corrected chi connectivity index (χ2v) is 6.97. The quantitative estimate of drug-likeness (QED) is 0.676. The summed E-state index contributed by atoms with van der Waals surface area (Å²) in [5.74, 6) is 0.501. The average Bonchev–Trinajstić information content (AvgIpc) is 3.06. The largest absolute Gasteiger partial charge is 0.326 e. The summed E-state index contributed by atoms with van der Waals surface area (Å²) in [5.41, 5.74) is 1.86. The van der Waals surface area contributed by atoms with Gasteiger partial charge < -0.3 is 5.32 Å². The van der Waals surface area contributed by atoms with Gasteiger partial charge in [-0.3, -0.25) is 4.79 Å². The summed E-state index contributed by atoms with van der Waals surface area (Å²) in [5, 5.41) is 2.99. The van der Waals surface area contributed by atoms with E-state index in [2.05, 4.69) is 22.5 Å². The van der Waals surface area contributed by atoms with Crippen LogP contribution in [-0.4, -0.2) is 17.1 Å². The van der Waals surface area contributed by atoms with Gasteiger partial charge in [-0.15, -0.1) is 11.3 Å². The number of carbonyl (C=O) groups excluding carboxylic acids is 1. The van der Waals surface area contributed by atoms with Gasteiger partial charge in [0, 0.05) is 12.1 Å². The first kappa shape index (κ1) is 13.6. The maximum Gasteiger partial charge on any atom is 0.224 e. The molecule has 1 aliphatic rings. The molecule has 5 heteroatoms. The van der Waals surface area contributed by atoms with Crippen LogP contribution in [-0.2, 0) is 4.79 Å². The molecule has 0 radical (unpaired) electrons. The smallest absolute Gasteiger partial charge is 0.224 e. The summed E-state index contributed by atoms with van der Waals surface area (Å²) >= 11 is 3.31. The molecular weight excluding hydrogens is 288 g/mol. The summed E-state index contributed by atoms with van der Waals surface area (Å²) < 4.78 is 2.17. The molecule has 104 valence electrons. The highest BCUT2D eigenvalue weighted by atomic mass is 32.2. The molecule has 0 aliphatic heterocycles. The molecule has 20 heavy (non-hydrogen) atoms. The molecular formula is C15H16N2OS2. The molecule has 1 unspecified atom stereocenters. The van der Waals surface area contributed by atoms with Gasteiger partial charge in [0.1, 0.15) is 0 Å². The minimum absolute atomic E-state index is 0.0931. The second-order valence-electron chi connectivity index (χ2n) is 4.88. The van der Waals surface area contributed by atoms with Crippen molar-refractivity contribution in [2.24, 2.45) is 5.92 Å². The fraction of sp³-hybridized carbons (Fsp3) is 0.333. The van der Waals surface area contributed by atoms with Crippen molar-refractivity contribution in [1.82, 2.24) is 4.98 Å². The Bertz CT molecular complexity index is 663. The number of thiazole rings is 1. The van der Waals surface area contributed by atoms with E-state index in [1.165, 1.54) is 0 Å². The topological polar surface area (TPSA) is 42.0 Å². The number of anilines is 1. The molecule has 1 aromatic carbocycles. The first-order chi connectivity index (χ1) is 9.74. The second kappa shape index (κ2) is 5.97. The molecule has 0 saturated carbocycles. The molecule has 1 aromatic heterocycles. The van der Waals surface area contributed by atoms with Crippen LogP contribution in [0.5, 0.6) is 0 Å². The molecule has 2 aromatic rings. The van der Waals surface area contributed by atoms with Crippen molar-refractivity contribution < 1.29 is 4.79 Å². The van der Waals surface area contributed by atoms with Crippen molar-refractivity contribution in [2.45, 2.75) is 23.6 Å². The Labute approximate surface area is 126 Å². The van der Waals surface area contributed by atoms with Gasteiger partial charge in [0.15, 0.2) is 4.34 Å². The summed E-state index contributed by atoms with van der Waals surface area (Å²) in [6.45, 7) is 0. The molecule has 3 rings (SSSR count). The van der Waals surface area contributed by atoms with Crippen molar-refractivity contribution in [1.29, 1.82) is 0 Å². The zero-order valence-corrected chi connectivity index (χ0v) is 12.9. The van der Waals surface area contributed by atoms with Crippen LogP contribution in [0.15, 0.2) is 34.7 Å². The lowest BCUT2D eigenvalue weighted by Crippen LogP contribution is -2.14. The van der Waals surface area contributed by atoms with E-state index in [0.29, 0.717) is 12.3 Å². The molecule has 0 saturated heterocycles. The number of amides is 1. The van der Waals surface area contributed by atoms with Gasteiger partial charge in [-0.2, -0.15) is 0 Å². The zero-order valence-electron chi connectivity index (χ0n) is 11.3. The molecule has 1 N–H and O–H groups in total. The highest BCUT2D eigenvalue weighted by Crippen LogP contribution is 2.30. The maximum absolute atomic E-state index is 12.0. The van der Waals surface area contributed by atoms with E-state index in [1.807, 2.05) is 24.5 Å².